The van der Waals surface area contributed by atoms with Crippen LogP contribution in [0.1, 0.15) is 87.8 Å². The van der Waals surface area contributed by atoms with Crippen molar-refractivity contribution in [2.45, 2.75) is 89.1 Å². The zero-order valence-electron chi connectivity index (χ0n) is 17.8. The summed E-state index contributed by atoms with van der Waals surface area (Å²) in [4.78, 5) is 25.2. The third kappa shape index (κ3) is 5.69. The summed E-state index contributed by atoms with van der Waals surface area (Å²) in [5.41, 5.74) is 9.22. The van der Waals surface area contributed by atoms with Crippen molar-refractivity contribution < 1.29 is 9.59 Å². The van der Waals surface area contributed by atoms with Crippen LogP contribution in [0.4, 0.5) is 5.69 Å². The maximum absolute atomic E-state index is 12.9. The Kier molecular flexibility index (Phi) is 8.04. The number of halogens is 1. The molecule has 1 aromatic rings. The number of nitrogen functional groups attached to an aromatic ring is 1. The minimum Gasteiger partial charge on any atom is -0.399 e. The van der Waals surface area contributed by atoms with Gasteiger partial charge < -0.3 is 16.4 Å². The average molecular weight is 434 g/mol. The second kappa shape index (κ2) is 10.5. The average Bonchev–Trinajstić information content (AvgIpc) is 3.21. The van der Waals surface area contributed by atoms with Gasteiger partial charge >= 0.3 is 0 Å². The smallest absolute Gasteiger partial charge is 0.223 e. The van der Waals surface area contributed by atoms with Gasteiger partial charge in [-0.3, -0.25) is 9.59 Å². The van der Waals surface area contributed by atoms with Crippen LogP contribution in [0.5, 0.6) is 0 Å². The summed E-state index contributed by atoms with van der Waals surface area (Å²) in [6.45, 7) is 0. The van der Waals surface area contributed by atoms with Crippen LogP contribution in [0.3, 0.4) is 0 Å². The van der Waals surface area contributed by atoms with E-state index in [9.17, 15) is 9.59 Å². The standard InChI is InChI=1S/C24H35N3O2.ClH/c25-19-10-13-21-18(15-19)6-3-7-22(21)27-24(29)17-8-11-20(12-9-17)26-23(28)14-16-4-1-2-5-16;/h10,13,15-17,20,22H,1-9,11-12,14,25H2,(H,26,28)(H,27,29);1H. The van der Waals surface area contributed by atoms with E-state index in [1.807, 2.05) is 12.1 Å². The molecule has 0 radical (unpaired) electrons. The van der Waals surface area contributed by atoms with E-state index in [-0.39, 0.29) is 42.2 Å². The Morgan fingerprint density at radius 3 is 2.40 bits per heavy atom. The summed E-state index contributed by atoms with van der Waals surface area (Å²) in [6.07, 6.45) is 12.3. The molecule has 0 aliphatic heterocycles. The van der Waals surface area contributed by atoms with Crippen molar-refractivity contribution in [3.05, 3.63) is 29.3 Å². The molecule has 0 saturated heterocycles. The number of hydrogen-bond acceptors (Lipinski definition) is 3. The summed E-state index contributed by atoms with van der Waals surface area (Å²) in [5, 5.41) is 6.52. The predicted octanol–water partition coefficient (Wildman–Crippen LogP) is 4.44. The number of fused-ring (bicyclic) bond motifs is 1. The first-order valence-corrected chi connectivity index (χ1v) is 11.6. The number of hydrogen-bond donors (Lipinski definition) is 3. The van der Waals surface area contributed by atoms with Gasteiger partial charge in [0, 0.05) is 24.1 Å². The summed E-state index contributed by atoms with van der Waals surface area (Å²) >= 11 is 0. The fourth-order valence-corrected chi connectivity index (χ4v) is 5.54. The summed E-state index contributed by atoms with van der Waals surface area (Å²) < 4.78 is 0. The number of amides is 2. The van der Waals surface area contributed by atoms with Crippen LogP contribution in [0, 0.1) is 11.8 Å². The van der Waals surface area contributed by atoms with Crippen molar-refractivity contribution in [3.63, 3.8) is 0 Å². The van der Waals surface area contributed by atoms with Crippen LogP contribution in [-0.2, 0) is 16.0 Å². The third-order valence-corrected chi connectivity index (χ3v) is 7.21. The van der Waals surface area contributed by atoms with Crippen molar-refractivity contribution in [1.82, 2.24) is 10.6 Å². The molecule has 2 fully saturated rings. The molecule has 3 aliphatic carbocycles. The first-order chi connectivity index (χ1) is 14.1. The second-order valence-electron chi connectivity index (χ2n) is 9.38. The first-order valence-electron chi connectivity index (χ1n) is 11.6. The molecular formula is C24H36ClN3O2. The molecule has 1 aromatic carbocycles. The fourth-order valence-electron chi connectivity index (χ4n) is 5.54. The van der Waals surface area contributed by atoms with E-state index in [2.05, 4.69) is 16.7 Å². The molecule has 2 saturated carbocycles. The number of carbonyl (C=O) groups is 2. The third-order valence-electron chi connectivity index (χ3n) is 7.21. The number of anilines is 1. The number of aryl methyl sites for hydroxylation is 1. The van der Waals surface area contributed by atoms with Gasteiger partial charge in [-0.1, -0.05) is 18.9 Å². The Morgan fingerprint density at radius 1 is 0.933 bits per heavy atom. The van der Waals surface area contributed by atoms with Gasteiger partial charge in [0.25, 0.3) is 0 Å². The molecule has 0 bridgehead atoms. The lowest BCUT2D eigenvalue weighted by atomic mass is 9.83. The molecule has 2 amide bonds. The molecule has 4 N–H and O–H groups in total. The van der Waals surface area contributed by atoms with Crippen LogP contribution in [0.25, 0.3) is 0 Å². The lowest BCUT2D eigenvalue weighted by Crippen LogP contribution is -2.42. The van der Waals surface area contributed by atoms with Crippen LogP contribution >= 0.6 is 12.4 Å². The summed E-state index contributed by atoms with van der Waals surface area (Å²) in [7, 11) is 0. The lowest BCUT2D eigenvalue weighted by Gasteiger charge is -2.32. The van der Waals surface area contributed by atoms with Gasteiger partial charge in [-0.25, -0.2) is 0 Å². The highest BCUT2D eigenvalue weighted by atomic mass is 35.5. The Balaban J connectivity index is 0.00000256. The number of benzene rings is 1. The van der Waals surface area contributed by atoms with Gasteiger partial charge in [0.05, 0.1) is 6.04 Å². The Labute approximate surface area is 186 Å². The molecular weight excluding hydrogens is 398 g/mol. The molecule has 1 atom stereocenters. The minimum atomic E-state index is 0. The lowest BCUT2D eigenvalue weighted by molar-refractivity contribution is -0.127. The van der Waals surface area contributed by atoms with E-state index in [0.717, 1.165) is 50.6 Å². The quantitative estimate of drug-likeness (QED) is 0.600. The zero-order chi connectivity index (χ0) is 20.2. The van der Waals surface area contributed by atoms with Crippen molar-refractivity contribution in [1.29, 1.82) is 0 Å². The van der Waals surface area contributed by atoms with E-state index in [0.29, 0.717) is 12.3 Å². The topological polar surface area (TPSA) is 84.2 Å². The van der Waals surface area contributed by atoms with E-state index >= 15 is 0 Å². The highest BCUT2D eigenvalue weighted by molar-refractivity contribution is 5.85. The highest BCUT2D eigenvalue weighted by Gasteiger charge is 2.30. The molecule has 1 unspecified atom stereocenters. The maximum Gasteiger partial charge on any atom is 0.223 e. The first kappa shape index (κ1) is 22.9. The Morgan fingerprint density at radius 2 is 1.67 bits per heavy atom. The van der Waals surface area contributed by atoms with E-state index in [1.165, 1.54) is 36.8 Å². The van der Waals surface area contributed by atoms with Crippen molar-refractivity contribution in [2.75, 3.05) is 5.73 Å². The maximum atomic E-state index is 12.9. The number of carbonyl (C=O) groups excluding carboxylic acids is 2. The van der Waals surface area contributed by atoms with Crippen molar-refractivity contribution >= 4 is 29.9 Å². The van der Waals surface area contributed by atoms with Crippen molar-refractivity contribution in [3.8, 4) is 0 Å². The Bertz CT molecular complexity index is 740. The van der Waals surface area contributed by atoms with E-state index in [4.69, 9.17) is 5.73 Å². The molecule has 166 valence electrons. The van der Waals surface area contributed by atoms with E-state index < -0.39 is 0 Å². The van der Waals surface area contributed by atoms with Crippen LogP contribution in [0.2, 0.25) is 0 Å². The molecule has 4 rings (SSSR count). The normalized spacial score (nSPS) is 26.3. The zero-order valence-corrected chi connectivity index (χ0v) is 18.6. The van der Waals surface area contributed by atoms with Gasteiger partial charge in [0.1, 0.15) is 0 Å². The van der Waals surface area contributed by atoms with Crippen LogP contribution in [-0.4, -0.2) is 17.9 Å². The summed E-state index contributed by atoms with van der Waals surface area (Å²) in [5.74, 6) is 1.04. The highest BCUT2D eigenvalue weighted by Crippen LogP contribution is 2.33. The van der Waals surface area contributed by atoms with Crippen molar-refractivity contribution in [2.24, 2.45) is 11.8 Å². The Hall–Kier alpha value is -1.75. The molecule has 30 heavy (non-hydrogen) atoms. The molecule has 0 spiro atoms. The molecule has 5 nitrogen and oxygen atoms in total. The van der Waals surface area contributed by atoms with Crippen LogP contribution < -0.4 is 16.4 Å². The number of rotatable bonds is 5. The predicted molar refractivity (Wildman–Crippen MR) is 122 cm³/mol. The fraction of sp³-hybridized carbons (Fsp3) is 0.667. The molecule has 0 heterocycles. The van der Waals surface area contributed by atoms with Crippen LogP contribution in [0.15, 0.2) is 18.2 Å². The van der Waals surface area contributed by atoms with Gasteiger partial charge in [-0.2, -0.15) is 0 Å². The van der Waals surface area contributed by atoms with Gasteiger partial charge in [-0.15, -0.1) is 12.4 Å². The van der Waals surface area contributed by atoms with Gasteiger partial charge in [0.15, 0.2) is 0 Å². The largest absolute Gasteiger partial charge is 0.399 e. The van der Waals surface area contributed by atoms with Gasteiger partial charge in [-0.05, 0) is 87.0 Å². The summed E-state index contributed by atoms with van der Waals surface area (Å²) in [6, 6.07) is 6.41. The molecule has 3 aliphatic rings. The molecule has 0 aromatic heterocycles. The minimum absolute atomic E-state index is 0. The second-order valence-corrected chi connectivity index (χ2v) is 9.38. The monoisotopic (exact) mass is 433 g/mol. The number of nitrogens with one attached hydrogen (secondary N) is 2. The SMILES string of the molecule is Cl.Nc1ccc2c(c1)CCCC2NC(=O)C1CCC(NC(=O)CC2CCCC2)CC1. The van der Waals surface area contributed by atoms with E-state index in [1.54, 1.807) is 0 Å². The van der Waals surface area contributed by atoms with Gasteiger partial charge in [0.2, 0.25) is 11.8 Å². The molecule has 6 heteroatoms. The number of nitrogens with two attached hydrogens (primary N) is 1.